The zero-order chi connectivity index (χ0) is 14.2. The molecule has 0 radical (unpaired) electrons. The van der Waals surface area contributed by atoms with Gasteiger partial charge in [0.25, 0.3) is 11.8 Å². The van der Waals surface area contributed by atoms with E-state index < -0.39 is 23.8 Å². The average molecular weight is 260 g/mol. The molecule has 3 amide bonds. The van der Waals surface area contributed by atoms with E-state index in [1.54, 1.807) is 31.2 Å². The molecule has 1 aliphatic rings. The summed E-state index contributed by atoms with van der Waals surface area (Å²) in [6.45, 7) is 3.69. The molecule has 19 heavy (non-hydrogen) atoms. The molecule has 0 saturated heterocycles. The van der Waals surface area contributed by atoms with Crippen LogP contribution in [0.4, 0.5) is 0 Å². The Bertz CT molecular complexity index is 518. The van der Waals surface area contributed by atoms with Crippen LogP contribution in [0.15, 0.2) is 24.3 Å². The fourth-order valence-corrected chi connectivity index (χ4v) is 2.35. The van der Waals surface area contributed by atoms with Gasteiger partial charge in [0.1, 0.15) is 6.04 Å². The van der Waals surface area contributed by atoms with E-state index in [1.165, 1.54) is 0 Å². The molecule has 0 bridgehead atoms. The number of nitrogens with zero attached hydrogens (tertiary/aromatic N) is 1. The van der Waals surface area contributed by atoms with E-state index in [2.05, 4.69) is 0 Å². The number of hydrogen-bond acceptors (Lipinski definition) is 3. The fourth-order valence-electron chi connectivity index (χ4n) is 2.35. The first kappa shape index (κ1) is 13.3. The van der Waals surface area contributed by atoms with Gasteiger partial charge in [0.05, 0.1) is 11.1 Å². The second-order valence-electron chi connectivity index (χ2n) is 4.76. The van der Waals surface area contributed by atoms with Gasteiger partial charge in [0, 0.05) is 0 Å². The van der Waals surface area contributed by atoms with Gasteiger partial charge in [-0.1, -0.05) is 32.4 Å². The second-order valence-corrected chi connectivity index (χ2v) is 4.76. The highest BCUT2D eigenvalue weighted by atomic mass is 16.2. The number of primary amides is 1. The first-order chi connectivity index (χ1) is 8.99. The van der Waals surface area contributed by atoms with Crippen LogP contribution in [0.25, 0.3) is 0 Å². The predicted octanol–water partition coefficient (Wildman–Crippen LogP) is 1.18. The maximum atomic E-state index is 12.3. The van der Waals surface area contributed by atoms with Crippen molar-refractivity contribution in [1.29, 1.82) is 0 Å². The smallest absolute Gasteiger partial charge is 0.262 e. The standard InChI is InChI=1S/C14H16N2O3/c1-3-8(2)11(12(15)17)16-13(18)9-6-4-5-7-10(9)14(16)19/h4-8,11H,3H2,1-2H3,(H2,15,17)/t8-,11-/m0/s1. The number of rotatable bonds is 4. The molecule has 5 nitrogen and oxygen atoms in total. The number of fused-ring (bicyclic) bond motifs is 1. The van der Waals surface area contributed by atoms with Crippen molar-refractivity contribution < 1.29 is 14.4 Å². The Balaban J connectivity index is 2.45. The largest absolute Gasteiger partial charge is 0.368 e. The highest BCUT2D eigenvalue weighted by Gasteiger charge is 2.43. The van der Waals surface area contributed by atoms with Gasteiger partial charge in [-0.25, -0.2) is 0 Å². The van der Waals surface area contributed by atoms with Gasteiger partial charge in [-0.15, -0.1) is 0 Å². The number of amides is 3. The summed E-state index contributed by atoms with van der Waals surface area (Å²) in [7, 11) is 0. The summed E-state index contributed by atoms with van der Waals surface area (Å²) in [4.78, 5) is 37.1. The molecule has 1 aromatic rings. The number of hydrogen-bond donors (Lipinski definition) is 1. The van der Waals surface area contributed by atoms with Crippen LogP contribution in [-0.2, 0) is 4.79 Å². The quantitative estimate of drug-likeness (QED) is 0.825. The van der Waals surface area contributed by atoms with Crippen molar-refractivity contribution in [1.82, 2.24) is 4.90 Å². The van der Waals surface area contributed by atoms with Crippen molar-refractivity contribution >= 4 is 17.7 Å². The third-order valence-electron chi connectivity index (χ3n) is 3.58. The molecule has 1 aromatic carbocycles. The minimum absolute atomic E-state index is 0.167. The van der Waals surface area contributed by atoms with Crippen LogP contribution in [0.3, 0.4) is 0 Å². The first-order valence-corrected chi connectivity index (χ1v) is 6.25. The van der Waals surface area contributed by atoms with Gasteiger partial charge >= 0.3 is 0 Å². The van der Waals surface area contributed by atoms with Crippen LogP contribution in [0.1, 0.15) is 41.0 Å². The maximum Gasteiger partial charge on any atom is 0.262 e. The van der Waals surface area contributed by atoms with Crippen molar-refractivity contribution in [2.24, 2.45) is 11.7 Å². The Labute approximate surface area is 111 Å². The van der Waals surface area contributed by atoms with E-state index in [-0.39, 0.29) is 5.92 Å². The molecule has 5 heteroatoms. The lowest BCUT2D eigenvalue weighted by Crippen LogP contribution is -2.51. The number of nitrogens with two attached hydrogens (primary N) is 1. The number of benzene rings is 1. The predicted molar refractivity (Wildman–Crippen MR) is 69.4 cm³/mol. The minimum Gasteiger partial charge on any atom is -0.368 e. The summed E-state index contributed by atoms with van der Waals surface area (Å²) in [6.07, 6.45) is 0.654. The van der Waals surface area contributed by atoms with E-state index in [0.29, 0.717) is 17.5 Å². The summed E-state index contributed by atoms with van der Waals surface area (Å²) >= 11 is 0. The van der Waals surface area contributed by atoms with Gasteiger partial charge in [0.15, 0.2) is 0 Å². The molecular weight excluding hydrogens is 244 g/mol. The minimum atomic E-state index is -0.891. The Morgan fingerprint density at radius 1 is 1.21 bits per heavy atom. The topological polar surface area (TPSA) is 80.5 Å². The fraction of sp³-hybridized carbons (Fsp3) is 0.357. The van der Waals surface area contributed by atoms with Gasteiger partial charge in [-0.05, 0) is 18.1 Å². The van der Waals surface area contributed by atoms with E-state index >= 15 is 0 Å². The zero-order valence-electron chi connectivity index (χ0n) is 10.9. The maximum absolute atomic E-state index is 12.3. The Hall–Kier alpha value is -2.17. The SMILES string of the molecule is CC[C@H](C)[C@@H](C(N)=O)N1C(=O)c2ccccc2C1=O. The zero-order valence-corrected chi connectivity index (χ0v) is 10.9. The van der Waals surface area contributed by atoms with Gasteiger partial charge < -0.3 is 5.73 Å². The third kappa shape index (κ3) is 2.01. The lowest BCUT2D eigenvalue weighted by molar-refractivity contribution is -0.123. The van der Waals surface area contributed by atoms with Crippen molar-refractivity contribution in [3.8, 4) is 0 Å². The Morgan fingerprint density at radius 2 is 1.68 bits per heavy atom. The van der Waals surface area contributed by atoms with Crippen LogP contribution in [0.2, 0.25) is 0 Å². The Kier molecular flexibility index (Phi) is 3.38. The van der Waals surface area contributed by atoms with Crippen LogP contribution in [-0.4, -0.2) is 28.7 Å². The van der Waals surface area contributed by atoms with Crippen molar-refractivity contribution in [2.75, 3.05) is 0 Å². The molecule has 0 spiro atoms. The molecule has 0 saturated carbocycles. The van der Waals surface area contributed by atoms with Crippen molar-refractivity contribution in [2.45, 2.75) is 26.3 Å². The van der Waals surface area contributed by atoms with E-state index in [0.717, 1.165) is 4.90 Å². The number of carbonyl (C=O) groups is 3. The summed E-state index contributed by atoms with van der Waals surface area (Å²) < 4.78 is 0. The third-order valence-corrected chi connectivity index (χ3v) is 3.58. The van der Waals surface area contributed by atoms with Crippen LogP contribution in [0, 0.1) is 5.92 Å². The second kappa shape index (κ2) is 4.84. The highest BCUT2D eigenvalue weighted by Crippen LogP contribution is 2.27. The normalized spacial score (nSPS) is 17.3. The molecule has 1 heterocycles. The van der Waals surface area contributed by atoms with Crippen LogP contribution < -0.4 is 5.73 Å². The van der Waals surface area contributed by atoms with E-state index in [9.17, 15) is 14.4 Å². The van der Waals surface area contributed by atoms with Crippen LogP contribution in [0.5, 0.6) is 0 Å². The molecule has 100 valence electrons. The van der Waals surface area contributed by atoms with E-state index in [4.69, 9.17) is 5.73 Å². The van der Waals surface area contributed by atoms with E-state index in [1.807, 2.05) is 6.92 Å². The molecule has 0 aliphatic carbocycles. The summed E-state index contributed by atoms with van der Waals surface area (Å²) in [5, 5.41) is 0. The van der Waals surface area contributed by atoms with Gasteiger partial charge in [-0.2, -0.15) is 0 Å². The number of imide groups is 1. The molecule has 0 unspecified atom stereocenters. The van der Waals surface area contributed by atoms with Crippen molar-refractivity contribution in [3.63, 3.8) is 0 Å². The summed E-state index contributed by atoms with van der Waals surface area (Å²) in [5.41, 5.74) is 6.04. The molecule has 2 rings (SSSR count). The molecule has 2 atom stereocenters. The summed E-state index contributed by atoms with van der Waals surface area (Å²) in [5.74, 6) is -1.70. The molecule has 0 fully saturated rings. The molecule has 1 aliphatic heterocycles. The summed E-state index contributed by atoms with van der Waals surface area (Å²) in [6, 6.07) is 5.66. The monoisotopic (exact) mass is 260 g/mol. The lowest BCUT2D eigenvalue weighted by atomic mass is 9.97. The first-order valence-electron chi connectivity index (χ1n) is 6.25. The van der Waals surface area contributed by atoms with Gasteiger partial charge in [0.2, 0.25) is 5.91 Å². The van der Waals surface area contributed by atoms with Gasteiger partial charge in [-0.3, -0.25) is 19.3 Å². The van der Waals surface area contributed by atoms with Crippen molar-refractivity contribution in [3.05, 3.63) is 35.4 Å². The van der Waals surface area contributed by atoms with Crippen LogP contribution >= 0.6 is 0 Å². The Morgan fingerprint density at radius 3 is 2.05 bits per heavy atom. The molecular formula is C14H16N2O3. The molecule has 0 aromatic heterocycles. The lowest BCUT2D eigenvalue weighted by Gasteiger charge is -2.27. The molecule has 2 N–H and O–H groups in total. The average Bonchev–Trinajstić information content (AvgIpc) is 2.64. The highest BCUT2D eigenvalue weighted by molar-refractivity contribution is 6.22. The number of carbonyl (C=O) groups excluding carboxylic acids is 3.